The van der Waals surface area contributed by atoms with Gasteiger partial charge < -0.3 is 19.4 Å². The third-order valence-corrected chi connectivity index (χ3v) is 13.9. The standard InChI is InChI=1S/C49H54N6O2/c1-30(48-44-34(16-22-50-48)8-12-42-46(44)38-28-36(56-3)10-14-40(38)52-42)54-24-18-32(19-25-54)6-5-7-33-20-26-55(27-21-33)31(2)49-45-35(17-23-51-49)9-13-43-47(45)39-29-37(57-4)11-15-41(39)53-43/h8-17,22-23,28-33,50-51H,5-7,18-21,24-27H2,1-4H3. The zero-order valence-electron chi connectivity index (χ0n) is 33.8. The Labute approximate surface area is 334 Å². The van der Waals surface area contributed by atoms with Gasteiger partial charge in [0.25, 0.3) is 0 Å². The lowest BCUT2D eigenvalue weighted by Gasteiger charge is -2.37. The number of methoxy groups -OCH3 is 2. The summed E-state index contributed by atoms with van der Waals surface area (Å²) in [5, 5.41) is 9.90. The van der Waals surface area contributed by atoms with Gasteiger partial charge in [-0.25, -0.2) is 9.97 Å². The number of aromatic amines is 2. The monoisotopic (exact) mass is 758 g/mol. The Morgan fingerprint density at radius 2 is 0.982 bits per heavy atom. The molecule has 0 radical (unpaired) electrons. The summed E-state index contributed by atoms with van der Waals surface area (Å²) in [6.07, 6.45) is 13.4. The number of hydrogen-bond donors (Lipinski definition) is 2. The zero-order valence-corrected chi connectivity index (χ0v) is 33.8. The fourth-order valence-electron chi connectivity index (χ4n) is 10.5. The van der Waals surface area contributed by atoms with Gasteiger partial charge in [0.1, 0.15) is 11.5 Å². The molecule has 2 aliphatic rings. The van der Waals surface area contributed by atoms with E-state index in [-0.39, 0.29) is 0 Å². The molecule has 8 heteroatoms. The molecule has 8 nitrogen and oxygen atoms in total. The van der Waals surface area contributed by atoms with Gasteiger partial charge in [-0.15, -0.1) is 0 Å². The highest BCUT2D eigenvalue weighted by molar-refractivity contribution is 6.22. The predicted octanol–water partition coefficient (Wildman–Crippen LogP) is 11.5. The Morgan fingerprint density at radius 1 is 0.561 bits per heavy atom. The molecule has 2 aliphatic heterocycles. The maximum absolute atomic E-state index is 5.61. The van der Waals surface area contributed by atoms with Crippen LogP contribution in [0.1, 0.15) is 82.3 Å². The molecule has 292 valence electrons. The third-order valence-electron chi connectivity index (χ3n) is 13.9. The normalized spacial score (nSPS) is 17.8. The summed E-state index contributed by atoms with van der Waals surface area (Å²) in [6, 6.07) is 26.2. The van der Waals surface area contributed by atoms with Gasteiger partial charge in [-0.3, -0.25) is 9.80 Å². The van der Waals surface area contributed by atoms with Crippen LogP contribution in [0.15, 0.2) is 85.2 Å². The fraction of sp³-hybridized carbons (Fsp3) is 0.388. The second-order valence-corrected chi connectivity index (χ2v) is 16.9. The van der Waals surface area contributed by atoms with E-state index in [0.717, 1.165) is 82.4 Å². The average molecular weight is 759 g/mol. The lowest BCUT2D eigenvalue weighted by atomic mass is 9.86. The largest absolute Gasteiger partial charge is 0.497 e. The molecule has 0 aliphatic carbocycles. The Balaban J connectivity index is 0.758. The Bertz CT molecular complexity index is 2550. The van der Waals surface area contributed by atoms with Gasteiger partial charge in [0.15, 0.2) is 0 Å². The highest BCUT2D eigenvalue weighted by atomic mass is 16.5. The molecule has 0 bridgehead atoms. The lowest BCUT2D eigenvalue weighted by molar-refractivity contribution is 0.124. The van der Waals surface area contributed by atoms with Crippen molar-refractivity contribution in [3.63, 3.8) is 0 Å². The van der Waals surface area contributed by atoms with Crippen LogP contribution < -0.4 is 9.47 Å². The van der Waals surface area contributed by atoms with Crippen molar-refractivity contribution in [1.82, 2.24) is 29.7 Å². The molecular weight excluding hydrogens is 705 g/mol. The van der Waals surface area contributed by atoms with Gasteiger partial charge in [0, 0.05) is 68.2 Å². The molecule has 57 heavy (non-hydrogen) atoms. The van der Waals surface area contributed by atoms with Crippen molar-refractivity contribution < 1.29 is 9.47 Å². The molecule has 2 unspecified atom stereocenters. The third kappa shape index (κ3) is 6.47. The van der Waals surface area contributed by atoms with E-state index in [9.17, 15) is 0 Å². The number of benzene rings is 4. The summed E-state index contributed by atoms with van der Waals surface area (Å²) < 4.78 is 11.2. The Hall–Kier alpha value is -5.18. The van der Waals surface area contributed by atoms with Crippen molar-refractivity contribution in [2.45, 2.75) is 70.9 Å². The van der Waals surface area contributed by atoms with Crippen LogP contribution in [0.25, 0.3) is 65.2 Å². The van der Waals surface area contributed by atoms with Gasteiger partial charge in [-0.2, -0.15) is 0 Å². The molecule has 2 fully saturated rings. The molecule has 0 saturated carbocycles. The van der Waals surface area contributed by atoms with E-state index in [4.69, 9.17) is 19.4 Å². The molecule has 8 aromatic rings. The summed E-state index contributed by atoms with van der Waals surface area (Å²) in [7, 11) is 3.47. The number of nitrogens with one attached hydrogen (secondary N) is 2. The first-order valence-electron chi connectivity index (χ1n) is 21.2. The van der Waals surface area contributed by atoms with Crippen molar-refractivity contribution in [3.8, 4) is 11.5 Å². The first-order valence-corrected chi connectivity index (χ1v) is 21.2. The molecule has 2 atom stereocenters. The number of pyridine rings is 2. The van der Waals surface area contributed by atoms with Crippen molar-refractivity contribution >= 4 is 65.2 Å². The number of aromatic nitrogens is 4. The number of H-pyrrole nitrogens is 2. The number of ether oxygens (including phenoxy) is 2. The van der Waals surface area contributed by atoms with Crippen LogP contribution >= 0.6 is 0 Å². The molecule has 2 saturated heterocycles. The SMILES string of the molecule is COc1ccc2nc3ccc4cc[nH]c(C(C)N5CCC(CCCC6CCN(C(C)c7[nH]ccc8ccc9nc%10ccc(OC)cc%10c9c78)CC6)CC5)c4c3c2c1. The first-order chi connectivity index (χ1) is 28.0. The number of hydrogen-bond acceptors (Lipinski definition) is 6. The second-order valence-electron chi connectivity index (χ2n) is 16.9. The van der Waals surface area contributed by atoms with Crippen molar-refractivity contribution in [1.29, 1.82) is 0 Å². The van der Waals surface area contributed by atoms with Gasteiger partial charge >= 0.3 is 0 Å². The van der Waals surface area contributed by atoms with Crippen LogP contribution in [0, 0.1) is 11.8 Å². The van der Waals surface area contributed by atoms with Crippen molar-refractivity contribution in [2.75, 3.05) is 40.4 Å². The predicted molar refractivity (Wildman–Crippen MR) is 235 cm³/mol. The zero-order chi connectivity index (χ0) is 38.6. The van der Waals surface area contributed by atoms with Crippen LogP contribution in [-0.4, -0.2) is 70.1 Å². The number of nitrogens with zero attached hydrogens (tertiary/aromatic N) is 4. The highest BCUT2D eigenvalue weighted by Crippen LogP contribution is 2.41. The quantitative estimate of drug-likeness (QED) is 0.145. The van der Waals surface area contributed by atoms with Crippen LogP contribution in [0.5, 0.6) is 11.5 Å². The van der Waals surface area contributed by atoms with Gasteiger partial charge in [0.2, 0.25) is 0 Å². The van der Waals surface area contributed by atoms with Crippen LogP contribution in [0.4, 0.5) is 0 Å². The molecule has 2 N–H and O–H groups in total. The summed E-state index contributed by atoms with van der Waals surface area (Å²) >= 11 is 0. The van der Waals surface area contributed by atoms with E-state index >= 15 is 0 Å². The summed E-state index contributed by atoms with van der Waals surface area (Å²) in [5.41, 5.74) is 6.72. The van der Waals surface area contributed by atoms with E-state index in [1.54, 1.807) is 14.2 Å². The first kappa shape index (κ1) is 36.2. The minimum absolute atomic E-state index is 0.296. The molecule has 0 amide bonds. The minimum Gasteiger partial charge on any atom is -0.497 e. The maximum Gasteiger partial charge on any atom is 0.119 e. The van der Waals surface area contributed by atoms with E-state index in [0.29, 0.717) is 12.1 Å². The summed E-state index contributed by atoms with van der Waals surface area (Å²) in [5.74, 6) is 3.39. The van der Waals surface area contributed by atoms with E-state index < -0.39 is 0 Å². The number of piperidine rings is 2. The number of rotatable bonds is 10. The summed E-state index contributed by atoms with van der Waals surface area (Å²) in [6.45, 7) is 9.37. The smallest absolute Gasteiger partial charge is 0.119 e. The van der Waals surface area contributed by atoms with Gasteiger partial charge in [-0.05, 0) is 149 Å². The highest BCUT2D eigenvalue weighted by Gasteiger charge is 2.28. The molecule has 4 aromatic carbocycles. The summed E-state index contributed by atoms with van der Waals surface area (Å²) in [4.78, 5) is 22.8. The topological polar surface area (TPSA) is 82.3 Å². The Kier molecular flexibility index (Phi) is 9.50. The average Bonchev–Trinajstić information content (AvgIpc) is 3.83. The lowest BCUT2D eigenvalue weighted by Crippen LogP contribution is -2.36. The van der Waals surface area contributed by atoms with E-state index in [1.165, 1.54) is 88.7 Å². The van der Waals surface area contributed by atoms with Crippen LogP contribution in [0.3, 0.4) is 0 Å². The van der Waals surface area contributed by atoms with Gasteiger partial charge in [-0.1, -0.05) is 31.4 Å². The number of fused-ring (bicyclic) bond motifs is 10. The second kappa shape index (κ2) is 15.0. The molecule has 6 heterocycles. The van der Waals surface area contributed by atoms with Crippen LogP contribution in [-0.2, 0) is 0 Å². The van der Waals surface area contributed by atoms with E-state index in [1.807, 2.05) is 12.1 Å². The maximum atomic E-state index is 5.61. The Morgan fingerprint density at radius 3 is 1.40 bits per heavy atom. The number of likely N-dealkylation sites (tertiary alicyclic amines) is 2. The molecule has 4 aromatic heterocycles. The molecule has 0 spiro atoms. The molecule has 10 rings (SSSR count). The fourth-order valence-corrected chi connectivity index (χ4v) is 10.5. The minimum atomic E-state index is 0.296. The van der Waals surface area contributed by atoms with E-state index in [2.05, 4.69) is 107 Å². The van der Waals surface area contributed by atoms with Crippen LogP contribution in [0.2, 0.25) is 0 Å². The van der Waals surface area contributed by atoms with Crippen molar-refractivity contribution in [2.24, 2.45) is 11.8 Å². The van der Waals surface area contributed by atoms with Gasteiger partial charge in [0.05, 0.1) is 36.3 Å². The van der Waals surface area contributed by atoms with Crippen molar-refractivity contribution in [3.05, 3.63) is 96.6 Å². The molecular formula is C49H54N6O2.